The maximum Gasteiger partial charge on any atom is 0.228 e. The number of aryl methyl sites for hydroxylation is 1. The fraction of sp³-hybridized carbons (Fsp3) is 0.391. The van der Waals surface area contributed by atoms with Crippen molar-refractivity contribution in [1.82, 2.24) is 4.90 Å². The van der Waals surface area contributed by atoms with Crippen LogP contribution in [0.1, 0.15) is 36.3 Å². The van der Waals surface area contributed by atoms with Crippen LogP contribution in [0.2, 0.25) is 0 Å². The molecule has 140 valence electrons. The normalized spacial score (nSPS) is 20.9. The lowest BCUT2D eigenvalue weighted by Gasteiger charge is -2.33. The highest BCUT2D eigenvalue weighted by Crippen LogP contribution is 2.31. The van der Waals surface area contributed by atoms with Gasteiger partial charge in [0.05, 0.1) is 5.92 Å². The Kier molecular flexibility index (Phi) is 4.97. The van der Waals surface area contributed by atoms with Crippen LogP contribution < -0.4 is 4.90 Å². The van der Waals surface area contributed by atoms with Gasteiger partial charge in [-0.25, -0.2) is 0 Å². The van der Waals surface area contributed by atoms with Gasteiger partial charge in [-0.3, -0.25) is 9.59 Å². The molecule has 2 heterocycles. The number of piperidine rings is 1. The van der Waals surface area contributed by atoms with Crippen LogP contribution in [0.15, 0.2) is 54.6 Å². The summed E-state index contributed by atoms with van der Waals surface area (Å²) in [4.78, 5) is 29.1. The summed E-state index contributed by atoms with van der Waals surface area (Å²) in [5.74, 6) is 0.512. The van der Waals surface area contributed by atoms with Crippen molar-refractivity contribution in [2.75, 3.05) is 24.5 Å². The number of nitrogens with zero attached hydrogens (tertiary/aromatic N) is 2. The number of rotatable bonds is 3. The van der Waals surface area contributed by atoms with Gasteiger partial charge in [0, 0.05) is 31.7 Å². The van der Waals surface area contributed by atoms with Gasteiger partial charge in [-0.15, -0.1) is 0 Å². The number of likely N-dealkylation sites (tertiary alicyclic amines) is 1. The van der Waals surface area contributed by atoms with Gasteiger partial charge in [0.15, 0.2) is 0 Å². The number of benzene rings is 2. The summed E-state index contributed by atoms with van der Waals surface area (Å²) >= 11 is 0. The molecular weight excluding hydrogens is 336 g/mol. The first-order valence-corrected chi connectivity index (χ1v) is 9.82. The summed E-state index contributed by atoms with van der Waals surface area (Å²) < 4.78 is 0. The van der Waals surface area contributed by atoms with Crippen LogP contribution in [0.4, 0.5) is 5.69 Å². The van der Waals surface area contributed by atoms with E-state index in [0.29, 0.717) is 18.9 Å². The van der Waals surface area contributed by atoms with E-state index in [-0.39, 0.29) is 17.7 Å². The molecule has 4 nitrogen and oxygen atoms in total. The molecule has 0 spiro atoms. The van der Waals surface area contributed by atoms with Gasteiger partial charge >= 0.3 is 0 Å². The average Bonchev–Trinajstić information content (AvgIpc) is 3.10. The van der Waals surface area contributed by atoms with Crippen LogP contribution in [0.5, 0.6) is 0 Å². The zero-order valence-electron chi connectivity index (χ0n) is 15.8. The minimum Gasteiger partial charge on any atom is -0.342 e. The van der Waals surface area contributed by atoms with E-state index in [2.05, 4.69) is 24.3 Å². The van der Waals surface area contributed by atoms with Crippen LogP contribution in [0.3, 0.4) is 0 Å². The molecule has 2 aliphatic heterocycles. The Labute approximate surface area is 160 Å². The van der Waals surface area contributed by atoms with Gasteiger partial charge in [-0.05, 0) is 43.4 Å². The van der Waals surface area contributed by atoms with Crippen LogP contribution >= 0.6 is 0 Å². The number of carbonyl (C=O) groups excluding carboxylic acids is 2. The quantitative estimate of drug-likeness (QED) is 0.834. The van der Waals surface area contributed by atoms with Crippen molar-refractivity contribution in [2.45, 2.75) is 32.1 Å². The molecule has 1 atom stereocenters. The molecule has 0 aromatic heterocycles. The Morgan fingerprint density at radius 1 is 0.963 bits per heavy atom. The molecule has 0 aliphatic carbocycles. The standard InChI is InChI=1S/C23H26N2O2/c1-17-7-9-21(10-8-17)25-16-20(15-22(25)26)23(27)24-13-11-19(12-14-24)18-5-3-2-4-6-18/h2-10,19-20H,11-16H2,1H3. The van der Waals surface area contributed by atoms with Crippen molar-refractivity contribution >= 4 is 17.5 Å². The molecule has 0 N–H and O–H groups in total. The Balaban J connectivity index is 1.36. The lowest BCUT2D eigenvalue weighted by atomic mass is 9.89. The summed E-state index contributed by atoms with van der Waals surface area (Å²) in [5, 5.41) is 0. The van der Waals surface area contributed by atoms with Gasteiger partial charge in [-0.2, -0.15) is 0 Å². The zero-order chi connectivity index (χ0) is 18.8. The molecule has 0 bridgehead atoms. The van der Waals surface area contributed by atoms with Crippen molar-refractivity contribution in [3.63, 3.8) is 0 Å². The summed E-state index contributed by atoms with van der Waals surface area (Å²) in [6.45, 7) is 4.10. The smallest absolute Gasteiger partial charge is 0.228 e. The SMILES string of the molecule is Cc1ccc(N2CC(C(=O)N3CCC(c4ccccc4)CC3)CC2=O)cc1. The van der Waals surface area contributed by atoms with Crippen LogP contribution in [-0.2, 0) is 9.59 Å². The first kappa shape index (κ1) is 17.8. The van der Waals surface area contributed by atoms with E-state index in [1.54, 1.807) is 4.90 Å². The first-order chi connectivity index (χ1) is 13.1. The number of amides is 2. The van der Waals surface area contributed by atoms with Gasteiger partial charge in [0.1, 0.15) is 0 Å². The maximum absolute atomic E-state index is 13.0. The van der Waals surface area contributed by atoms with Crippen molar-refractivity contribution in [2.24, 2.45) is 5.92 Å². The predicted octanol–water partition coefficient (Wildman–Crippen LogP) is 3.75. The van der Waals surface area contributed by atoms with E-state index in [4.69, 9.17) is 0 Å². The molecular formula is C23H26N2O2. The predicted molar refractivity (Wildman–Crippen MR) is 107 cm³/mol. The van der Waals surface area contributed by atoms with E-state index in [1.165, 1.54) is 11.1 Å². The number of carbonyl (C=O) groups is 2. The number of hydrogen-bond donors (Lipinski definition) is 0. The largest absolute Gasteiger partial charge is 0.342 e. The topological polar surface area (TPSA) is 40.6 Å². The molecule has 2 fully saturated rings. The second-order valence-corrected chi connectivity index (χ2v) is 7.75. The molecule has 1 unspecified atom stereocenters. The van der Waals surface area contributed by atoms with Crippen molar-refractivity contribution in [1.29, 1.82) is 0 Å². The fourth-order valence-corrected chi connectivity index (χ4v) is 4.26. The molecule has 2 aromatic carbocycles. The molecule has 0 saturated carbocycles. The van der Waals surface area contributed by atoms with Crippen molar-refractivity contribution in [3.05, 3.63) is 65.7 Å². The van der Waals surface area contributed by atoms with E-state index >= 15 is 0 Å². The summed E-state index contributed by atoms with van der Waals surface area (Å²) in [5.41, 5.74) is 3.43. The highest BCUT2D eigenvalue weighted by atomic mass is 16.2. The third-order valence-electron chi connectivity index (χ3n) is 5.90. The Bertz CT molecular complexity index is 808. The highest BCUT2D eigenvalue weighted by Gasteiger charge is 2.38. The van der Waals surface area contributed by atoms with Gasteiger partial charge < -0.3 is 9.80 Å². The maximum atomic E-state index is 13.0. The van der Waals surface area contributed by atoms with Crippen molar-refractivity contribution in [3.8, 4) is 0 Å². The van der Waals surface area contributed by atoms with Gasteiger partial charge in [0.25, 0.3) is 0 Å². The molecule has 4 rings (SSSR count). The number of anilines is 1. The van der Waals surface area contributed by atoms with Crippen LogP contribution in [0, 0.1) is 12.8 Å². The minimum absolute atomic E-state index is 0.0522. The third-order valence-corrected chi connectivity index (χ3v) is 5.90. The first-order valence-electron chi connectivity index (χ1n) is 9.82. The zero-order valence-corrected chi connectivity index (χ0v) is 15.8. The molecule has 27 heavy (non-hydrogen) atoms. The summed E-state index contributed by atoms with van der Waals surface area (Å²) in [6, 6.07) is 18.5. The van der Waals surface area contributed by atoms with E-state index in [1.807, 2.05) is 42.2 Å². The molecule has 2 saturated heterocycles. The highest BCUT2D eigenvalue weighted by molar-refractivity contribution is 6.00. The Hall–Kier alpha value is -2.62. The van der Waals surface area contributed by atoms with E-state index in [9.17, 15) is 9.59 Å². The second-order valence-electron chi connectivity index (χ2n) is 7.75. The third kappa shape index (κ3) is 3.75. The molecule has 4 heteroatoms. The Morgan fingerprint density at radius 2 is 1.63 bits per heavy atom. The van der Waals surface area contributed by atoms with Crippen LogP contribution in [-0.4, -0.2) is 36.3 Å². The van der Waals surface area contributed by atoms with E-state index < -0.39 is 0 Å². The fourth-order valence-electron chi connectivity index (χ4n) is 4.26. The van der Waals surface area contributed by atoms with Gasteiger partial charge in [0.2, 0.25) is 11.8 Å². The van der Waals surface area contributed by atoms with Crippen LogP contribution in [0.25, 0.3) is 0 Å². The summed E-state index contributed by atoms with van der Waals surface area (Å²) in [6.07, 6.45) is 2.32. The van der Waals surface area contributed by atoms with Crippen molar-refractivity contribution < 1.29 is 9.59 Å². The average molecular weight is 362 g/mol. The molecule has 2 aliphatic rings. The molecule has 2 amide bonds. The number of hydrogen-bond acceptors (Lipinski definition) is 2. The Morgan fingerprint density at radius 3 is 2.30 bits per heavy atom. The second kappa shape index (κ2) is 7.55. The van der Waals surface area contributed by atoms with Gasteiger partial charge in [-0.1, -0.05) is 48.0 Å². The minimum atomic E-state index is -0.216. The lowest BCUT2D eigenvalue weighted by molar-refractivity contribution is -0.136. The molecule has 0 radical (unpaired) electrons. The monoisotopic (exact) mass is 362 g/mol. The van der Waals surface area contributed by atoms with E-state index in [0.717, 1.165) is 31.6 Å². The molecule has 2 aromatic rings. The summed E-state index contributed by atoms with van der Waals surface area (Å²) in [7, 11) is 0. The lowest BCUT2D eigenvalue weighted by Crippen LogP contribution is -2.42.